The minimum atomic E-state index is -1.22. The molecule has 0 saturated carbocycles. The van der Waals surface area contributed by atoms with E-state index in [0.717, 1.165) is 0 Å². The zero-order valence-electron chi connectivity index (χ0n) is 15.5. The maximum Gasteiger partial charge on any atom is 0.247 e. The summed E-state index contributed by atoms with van der Waals surface area (Å²) in [6.07, 6.45) is 1.07. The summed E-state index contributed by atoms with van der Waals surface area (Å²) in [5.74, 6) is 0.216. The number of aliphatic hydroxyl groups excluding tert-OH is 3. The molecule has 10 heteroatoms. The van der Waals surface area contributed by atoms with Gasteiger partial charge in [-0.05, 0) is 12.3 Å². The van der Waals surface area contributed by atoms with Crippen molar-refractivity contribution < 1.29 is 24.8 Å². The fraction of sp³-hybridized carbons (Fsp3) is 0.588. The Balaban J connectivity index is 2.40. The van der Waals surface area contributed by atoms with Crippen LogP contribution in [0.2, 0.25) is 0 Å². The third kappa shape index (κ3) is 4.92. The molecule has 2 aromatic rings. The first-order valence-electron chi connectivity index (χ1n) is 8.71. The molecule has 0 spiro atoms. The first-order chi connectivity index (χ1) is 12.9. The van der Waals surface area contributed by atoms with Crippen molar-refractivity contribution in [3.63, 3.8) is 0 Å². The third-order valence-corrected chi connectivity index (χ3v) is 3.92. The van der Waals surface area contributed by atoms with Gasteiger partial charge in [-0.3, -0.25) is 4.57 Å². The maximum absolute atomic E-state index is 9.83. The second kappa shape index (κ2) is 9.60. The highest BCUT2D eigenvalue weighted by molar-refractivity contribution is 5.77. The van der Waals surface area contributed by atoms with E-state index in [9.17, 15) is 10.2 Å². The molecule has 2 rings (SSSR count). The van der Waals surface area contributed by atoms with Crippen molar-refractivity contribution in [1.29, 1.82) is 0 Å². The van der Waals surface area contributed by atoms with Crippen molar-refractivity contribution in [2.75, 3.05) is 25.6 Å². The second-order valence-electron chi connectivity index (χ2n) is 6.38. The maximum atomic E-state index is 9.83. The molecular formula is C17H27N5O5. The standard InChI is InChI=1S/C17H27N5O5/c1-4-5-6-26-15-13-14(20-17(18)21-15)22(9-19-13)16(10(2)3)27-12(8-24)11(25)7-23/h4,9-12,16,23-25H,1,5-8H2,2-3H3,(H2,18,20,21)/t11-,12?,16?/m0/s1. The monoisotopic (exact) mass is 381 g/mol. The molecule has 0 bridgehead atoms. The number of nitrogen functional groups attached to an aromatic ring is 1. The van der Waals surface area contributed by atoms with E-state index in [1.807, 2.05) is 13.8 Å². The summed E-state index contributed by atoms with van der Waals surface area (Å²) in [6.45, 7) is 6.84. The van der Waals surface area contributed by atoms with Crippen LogP contribution in [0.5, 0.6) is 5.88 Å². The number of hydrogen-bond acceptors (Lipinski definition) is 9. The lowest BCUT2D eigenvalue weighted by Crippen LogP contribution is -2.38. The van der Waals surface area contributed by atoms with Gasteiger partial charge >= 0.3 is 0 Å². The number of ether oxygens (including phenoxy) is 2. The van der Waals surface area contributed by atoms with Gasteiger partial charge in [0, 0.05) is 0 Å². The Morgan fingerprint density at radius 2 is 2.04 bits per heavy atom. The number of imidazole rings is 1. The normalized spacial score (nSPS) is 15.0. The molecule has 3 atom stereocenters. The van der Waals surface area contributed by atoms with E-state index < -0.39 is 31.6 Å². The summed E-state index contributed by atoms with van der Waals surface area (Å²) < 4.78 is 13.1. The van der Waals surface area contributed by atoms with Gasteiger partial charge < -0.3 is 30.5 Å². The Morgan fingerprint density at radius 3 is 2.63 bits per heavy atom. The van der Waals surface area contributed by atoms with Gasteiger partial charge in [0.2, 0.25) is 11.8 Å². The van der Waals surface area contributed by atoms with Crippen LogP contribution in [-0.4, -0.2) is 66.9 Å². The highest BCUT2D eigenvalue weighted by Gasteiger charge is 2.28. The molecule has 0 aromatic carbocycles. The third-order valence-electron chi connectivity index (χ3n) is 3.92. The number of rotatable bonds is 11. The Labute approximate surface area is 157 Å². The fourth-order valence-electron chi connectivity index (χ4n) is 2.53. The molecular weight excluding hydrogens is 354 g/mol. The van der Waals surface area contributed by atoms with Gasteiger partial charge in [0.05, 0.1) is 26.1 Å². The number of hydrogen-bond donors (Lipinski definition) is 4. The Morgan fingerprint density at radius 1 is 1.30 bits per heavy atom. The van der Waals surface area contributed by atoms with Crippen molar-refractivity contribution >= 4 is 17.1 Å². The number of nitrogens with two attached hydrogens (primary N) is 1. The highest BCUT2D eigenvalue weighted by atomic mass is 16.5. The summed E-state index contributed by atoms with van der Waals surface area (Å²) >= 11 is 0. The predicted octanol–water partition coefficient (Wildman–Crippen LogP) is 0.249. The van der Waals surface area contributed by atoms with Gasteiger partial charge in [0.25, 0.3) is 0 Å². The molecule has 0 aliphatic carbocycles. The lowest BCUT2D eigenvalue weighted by atomic mass is 10.1. The smallest absolute Gasteiger partial charge is 0.247 e. The summed E-state index contributed by atoms with van der Waals surface area (Å²) in [7, 11) is 0. The quantitative estimate of drug-likeness (QED) is 0.317. The first kappa shape index (κ1) is 21.0. The molecule has 27 heavy (non-hydrogen) atoms. The van der Waals surface area contributed by atoms with Crippen molar-refractivity contribution in [3.8, 4) is 5.88 Å². The summed E-state index contributed by atoms with van der Waals surface area (Å²) in [4.78, 5) is 12.6. The highest BCUT2D eigenvalue weighted by Crippen LogP contribution is 2.29. The number of anilines is 1. The largest absolute Gasteiger partial charge is 0.476 e. The number of aromatic nitrogens is 4. The lowest BCUT2D eigenvalue weighted by molar-refractivity contribution is -0.145. The van der Waals surface area contributed by atoms with E-state index in [1.165, 1.54) is 6.33 Å². The molecule has 2 aromatic heterocycles. The van der Waals surface area contributed by atoms with Gasteiger partial charge in [-0.1, -0.05) is 19.9 Å². The minimum absolute atomic E-state index is 0.0226. The molecule has 5 N–H and O–H groups in total. The second-order valence-corrected chi connectivity index (χ2v) is 6.38. The van der Waals surface area contributed by atoms with E-state index in [-0.39, 0.29) is 17.7 Å². The van der Waals surface area contributed by atoms with E-state index >= 15 is 0 Å². The van der Waals surface area contributed by atoms with Gasteiger partial charge in [-0.2, -0.15) is 9.97 Å². The number of fused-ring (bicyclic) bond motifs is 1. The molecule has 0 amide bonds. The van der Waals surface area contributed by atoms with Crippen LogP contribution in [0.3, 0.4) is 0 Å². The van der Waals surface area contributed by atoms with Crippen LogP contribution < -0.4 is 10.5 Å². The topological polar surface area (TPSA) is 149 Å². The fourth-order valence-corrected chi connectivity index (χ4v) is 2.53. The Hall–Kier alpha value is -2.27. The minimum Gasteiger partial charge on any atom is -0.476 e. The number of aliphatic hydroxyl groups is 3. The van der Waals surface area contributed by atoms with Crippen LogP contribution in [0.25, 0.3) is 11.2 Å². The molecule has 2 heterocycles. The summed E-state index contributed by atoms with van der Waals surface area (Å²) in [5.41, 5.74) is 6.64. The molecule has 0 fully saturated rings. The zero-order chi connectivity index (χ0) is 20.0. The molecule has 0 aliphatic heterocycles. The average Bonchev–Trinajstić information content (AvgIpc) is 3.05. The van der Waals surface area contributed by atoms with Crippen molar-refractivity contribution in [3.05, 3.63) is 19.0 Å². The Kier molecular flexibility index (Phi) is 7.48. The Bertz CT molecular complexity index is 751. The van der Waals surface area contributed by atoms with Crippen molar-refractivity contribution in [2.45, 2.75) is 38.7 Å². The molecule has 0 aliphatic rings. The van der Waals surface area contributed by atoms with Gasteiger partial charge in [0.15, 0.2) is 11.2 Å². The van der Waals surface area contributed by atoms with E-state index in [0.29, 0.717) is 24.2 Å². The molecule has 10 nitrogen and oxygen atoms in total. The molecule has 0 radical (unpaired) electrons. The first-order valence-corrected chi connectivity index (χ1v) is 8.71. The van der Waals surface area contributed by atoms with Crippen LogP contribution in [0.15, 0.2) is 19.0 Å². The van der Waals surface area contributed by atoms with Crippen LogP contribution in [-0.2, 0) is 4.74 Å². The van der Waals surface area contributed by atoms with E-state index in [4.69, 9.17) is 20.3 Å². The van der Waals surface area contributed by atoms with Crippen molar-refractivity contribution in [1.82, 2.24) is 19.5 Å². The molecule has 150 valence electrons. The number of nitrogens with zero attached hydrogens (tertiary/aromatic N) is 4. The van der Waals surface area contributed by atoms with Crippen LogP contribution in [0, 0.1) is 5.92 Å². The van der Waals surface area contributed by atoms with Crippen molar-refractivity contribution in [2.24, 2.45) is 5.92 Å². The zero-order valence-corrected chi connectivity index (χ0v) is 15.5. The van der Waals surface area contributed by atoms with E-state index in [2.05, 4.69) is 21.5 Å². The van der Waals surface area contributed by atoms with Crippen LogP contribution in [0.4, 0.5) is 5.95 Å². The lowest BCUT2D eigenvalue weighted by Gasteiger charge is -2.29. The van der Waals surface area contributed by atoms with Crippen LogP contribution in [0.1, 0.15) is 26.5 Å². The van der Waals surface area contributed by atoms with Crippen LogP contribution >= 0.6 is 0 Å². The van der Waals surface area contributed by atoms with E-state index in [1.54, 1.807) is 10.6 Å². The molecule has 2 unspecified atom stereocenters. The summed E-state index contributed by atoms with van der Waals surface area (Å²) in [6, 6.07) is 0. The molecule has 0 saturated heterocycles. The van der Waals surface area contributed by atoms with Gasteiger partial charge in [0.1, 0.15) is 18.4 Å². The van der Waals surface area contributed by atoms with Gasteiger partial charge in [-0.25, -0.2) is 4.98 Å². The van der Waals surface area contributed by atoms with Gasteiger partial charge in [-0.15, -0.1) is 6.58 Å². The summed E-state index contributed by atoms with van der Waals surface area (Å²) in [5, 5.41) is 28.5. The predicted molar refractivity (Wildman–Crippen MR) is 99.0 cm³/mol. The average molecular weight is 381 g/mol. The SMILES string of the molecule is C=CCCOc1nc(N)nc2c1ncn2C(OC(CO)[C@@H](O)CO)C(C)C.